The van der Waals surface area contributed by atoms with Crippen molar-refractivity contribution in [2.24, 2.45) is 0 Å². The molecule has 6 nitrogen and oxygen atoms in total. The third-order valence-corrected chi connectivity index (χ3v) is 6.13. The van der Waals surface area contributed by atoms with Crippen molar-refractivity contribution in [3.63, 3.8) is 0 Å². The molecule has 1 aliphatic rings. The zero-order chi connectivity index (χ0) is 21.5. The summed E-state index contributed by atoms with van der Waals surface area (Å²) in [4.78, 5) is 18.0. The third-order valence-electron chi connectivity index (χ3n) is 6.13. The summed E-state index contributed by atoms with van der Waals surface area (Å²) in [5, 5.41) is 0. The topological polar surface area (TPSA) is 47.7 Å². The molecule has 1 amide bonds. The van der Waals surface area contributed by atoms with E-state index in [4.69, 9.17) is 9.47 Å². The van der Waals surface area contributed by atoms with Gasteiger partial charge in [0.05, 0.1) is 14.2 Å². The molecule has 0 bridgehead atoms. The lowest BCUT2D eigenvalue weighted by Crippen LogP contribution is -3.29. The summed E-state index contributed by atoms with van der Waals surface area (Å²) in [6.07, 6.45) is 0. The van der Waals surface area contributed by atoms with Crippen molar-refractivity contribution in [3.05, 3.63) is 54.1 Å². The van der Waals surface area contributed by atoms with E-state index in [0.717, 1.165) is 49.9 Å². The maximum absolute atomic E-state index is 13.1. The lowest BCUT2D eigenvalue weighted by molar-refractivity contribution is -1.02. The first kappa shape index (κ1) is 22.1. The number of carbonyl (C=O) groups excluding carboxylic acids is 1. The van der Waals surface area contributed by atoms with Gasteiger partial charge in [0.25, 0.3) is 5.91 Å². The fourth-order valence-electron chi connectivity index (χ4n) is 4.30. The number of benzene rings is 2. The van der Waals surface area contributed by atoms with Crippen molar-refractivity contribution in [2.45, 2.75) is 26.4 Å². The van der Waals surface area contributed by atoms with Gasteiger partial charge in [-0.05, 0) is 44.2 Å². The first-order chi connectivity index (χ1) is 14.6. The number of anilines is 1. The lowest BCUT2D eigenvalue weighted by Gasteiger charge is -2.34. The highest BCUT2D eigenvalue weighted by atomic mass is 16.5. The Hall–Kier alpha value is -2.57. The van der Waals surface area contributed by atoms with Crippen LogP contribution < -0.4 is 24.2 Å². The third kappa shape index (κ3) is 5.12. The molecule has 30 heavy (non-hydrogen) atoms. The number of nitrogens with zero attached hydrogens (tertiary/aromatic N) is 1. The highest BCUT2D eigenvalue weighted by molar-refractivity contribution is 5.96. The van der Waals surface area contributed by atoms with Crippen molar-refractivity contribution >= 4 is 11.6 Å². The number of rotatable bonds is 8. The van der Waals surface area contributed by atoms with Gasteiger partial charge in [-0.1, -0.05) is 18.2 Å². The Morgan fingerprint density at radius 3 is 2.27 bits per heavy atom. The van der Waals surface area contributed by atoms with Crippen LogP contribution in [0.3, 0.4) is 0 Å². The largest absolute Gasteiger partial charge is 0.493 e. The van der Waals surface area contributed by atoms with Crippen LogP contribution in [-0.2, 0) is 11.3 Å². The van der Waals surface area contributed by atoms with Crippen molar-refractivity contribution < 1.29 is 24.1 Å². The number of methoxy groups -OCH3 is 2. The summed E-state index contributed by atoms with van der Waals surface area (Å²) >= 11 is 0. The number of ether oxygens (including phenoxy) is 2. The molecule has 1 aliphatic heterocycles. The SMILES string of the molecule is CCN(C(=O)[C@@H](C)[NH+]1CC[NH+](Cc2ccc(OC)c(OC)c2)CC1)c1ccccc1. The average Bonchev–Trinajstić information content (AvgIpc) is 2.80. The Bertz CT molecular complexity index is 820. The summed E-state index contributed by atoms with van der Waals surface area (Å²) in [5.41, 5.74) is 2.23. The molecule has 2 N–H and O–H groups in total. The summed E-state index contributed by atoms with van der Waals surface area (Å²) < 4.78 is 10.8. The average molecular weight is 414 g/mol. The van der Waals surface area contributed by atoms with E-state index in [1.54, 1.807) is 19.1 Å². The molecule has 162 valence electrons. The van der Waals surface area contributed by atoms with Gasteiger partial charge in [0.1, 0.15) is 32.7 Å². The van der Waals surface area contributed by atoms with Gasteiger partial charge in [0.2, 0.25) is 0 Å². The first-order valence-corrected chi connectivity index (χ1v) is 10.8. The molecule has 0 aromatic heterocycles. The minimum atomic E-state index is -0.0345. The zero-order valence-corrected chi connectivity index (χ0v) is 18.6. The Labute approximate surface area is 180 Å². The van der Waals surface area contributed by atoms with Crippen molar-refractivity contribution in [1.82, 2.24) is 0 Å². The van der Waals surface area contributed by atoms with Crippen LogP contribution in [0.4, 0.5) is 5.69 Å². The normalized spacial score (nSPS) is 19.7. The number of hydrogen-bond donors (Lipinski definition) is 2. The summed E-state index contributed by atoms with van der Waals surface area (Å²) in [6.45, 7) is 9.88. The van der Waals surface area contributed by atoms with E-state index in [1.165, 1.54) is 10.5 Å². The maximum Gasteiger partial charge on any atom is 0.284 e. The van der Waals surface area contributed by atoms with Crippen molar-refractivity contribution in [1.29, 1.82) is 0 Å². The number of quaternary nitrogens is 2. The van der Waals surface area contributed by atoms with Crippen LogP contribution >= 0.6 is 0 Å². The molecule has 2 aromatic rings. The number of para-hydroxylation sites is 1. The van der Waals surface area contributed by atoms with Crippen LogP contribution in [0.15, 0.2) is 48.5 Å². The summed E-state index contributed by atoms with van der Waals surface area (Å²) in [6, 6.07) is 16.1. The predicted octanol–water partition coefficient (Wildman–Crippen LogP) is 0.429. The van der Waals surface area contributed by atoms with Gasteiger partial charge in [0, 0.05) is 17.8 Å². The molecule has 6 heteroatoms. The molecule has 0 spiro atoms. The van der Waals surface area contributed by atoms with Crippen LogP contribution in [0.25, 0.3) is 0 Å². The Kier molecular flexibility index (Phi) is 7.71. The van der Waals surface area contributed by atoms with Crippen molar-refractivity contribution in [3.8, 4) is 11.5 Å². The Morgan fingerprint density at radius 1 is 1.00 bits per heavy atom. The minimum Gasteiger partial charge on any atom is -0.493 e. The van der Waals surface area contributed by atoms with Crippen LogP contribution in [-0.4, -0.2) is 58.9 Å². The number of likely N-dealkylation sites (N-methyl/N-ethyl adjacent to an activating group) is 1. The molecule has 0 saturated carbocycles. The number of nitrogens with one attached hydrogen (secondary N) is 2. The zero-order valence-electron chi connectivity index (χ0n) is 18.6. The molecule has 0 aliphatic carbocycles. The summed E-state index contributed by atoms with van der Waals surface area (Å²) in [7, 11) is 3.33. The van der Waals surface area contributed by atoms with E-state index >= 15 is 0 Å². The van der Waals surface area contributed by atoms with E-state index in [0.29, 0.717) is 6.54 Å². The van der Waals surface area contributed by atoms with Gasteiger partial charge in [-0.2, -0.15) is 0 Å². The van der Waals surface area contributed by atoms with Gasteiger partial charge in [-0.25, -0.2) is 0 Å². The quantitative estimate of drug-likeness (QED) is 0.660. The smallest absolute Gasteiger partial charge is 0.284 e. The van der Waals surface area contributed by atoms with Crippen molar-refractivity contribution in [2.75, 3.05) is 51.8 Å². The molecule has 0 radical (unpaired) electrons. The van der Waals surface area contributed by atoms with Gasteiger partial charge in [-0.3, -0.25) is 4.79 Å². The van der Waals surface area contributed by atoms with Gasteiger partial charge >= 0.3 is 0 Å². The molecule has 1 heterocycles. The molecular formula is C24H35N3O3+2. The monoisotopic (exact) mass is 413 g/mol. The number of piperazine rings is 1. The fraction of sp³-hybridized carbons (Fsp3) is 0.458. The highest BCUT2D eigenvalue weighted by Crippen LogP contribution is 2.27. The highest BCUT2D eigenvalue weighted by Gasteiger charge is 2.33. The minimum absolute atomic E-state index is 0.0345. The van der Waals surface area contributed by atoms with Crippen LogP contribution in [0.2, 0.25) is 0 Å². The van der Waals surface area contributed by atoms with Crippen LogP contribution in [0.1, 0.15) is 19.4 Å². The Morgan fingerprint density at radius 2 is 1.67 bits per heavy atom. The van der Waals surface area contributed by atoms with E-state index < -0.39 is 0 Å². The van der Waals surface area contributed by atoms with E-state index in [9.17, 15) is 4.79 Å². The molecule has 3 rings (SSSR count). The number of amides is 1. The van der Waals surface area contributed by atoms with E-state index in [-0.39, 0.29) is 11.9 Å². The predicted molar refractivity (Wildman–Crippen MR) is 119 cm³/mol. The maximum atomic E-state index is 13.1. The lowest BCUT2D eigenvalue weighted by atomic mass is 10.1. The second-order valence-electron chi connectivity index (χ2n) is 7.91. The van der Waals surface area contributed by atoms with Gasteiger partial charge in [-0.15, -0.1) is 0 Å². The standard InChI is InChI=1S/C24H33N3O3/c1-5-27(21-9-7-6-8-10-21)24(28)19(2)26-15-13-25(14-16-26)18-20-11-12-22(29-3)23(17-20)30-4/h6-12,17,19H,5,13-16,18H2,1-4H3/p+2/t19-/m1/s1. The van der Waals surface area contributed by atoms with Crippen LogP contribution in [0, 0.1) is 0 Å². The van der Waals surface area contributed by atoms with E-state index in [2.05, 4.69) is 19.1 Å². The number of hydrogen-bond acceptors (Lipinski definition) is 3. The molecule has 1 fully saturated rings. The van der Waals surface area contributed by atoms with Gasteiger partial charge in [0.15, 0.2) is 17.5 Å². The molecular weight excluding hydrogens is 378 g/mol. The fourth-order valence-corrected chi connectivity index (χ4v) is 4.30. The Balaban J connectivity index is 1.56. The molecule has 0 unspecified atom stereocenters. The second-order valence-corrected chi connectivity index (χ2v) is 7.91. The van der Waals surface area contributed by atoms with Crippen LogP contribution in [0.5, 0.6) is 11.5 Å². The second kappa shape index (κ2) is 10.5. The van der Waals surface area contributed by atoms with E-state index in [1.807, 2.05) is 48.2 Å². The summed E-state index contributed by atoms with van der Waals surface area (Å²) in [5.74, 6) is 1.75. The molecule has 1 saturated heterocycles. The molecule has 1 atom stereocenters. The first-order valence-electron chi connectivity index (χ1n) is 10.8. The molecule has 2 aromatic carbocycles. The number of carbonyl (C=O) groups is 1. The van der Waals surface area contributed by atoms with Gasteiger partial charge < -0.3 is 24.2 Å².